The molecule has 0 aromatic carbocycles. The van der Waals surface area contributed by atoms with Crippen molar-refractivity contribution in [3.63, 3.8) is 0 Å². The summed E-state index contributed by atoms with van der Waals surface area (Å²) in [4.78, 5) is 28.4. The normalized spacial score (nSPS) is 11.8. The van der Waals surface area contributed by atoms with Gasteiger partial charge in [0, 0.05) is 25.0 Å². The Hall–Kier alpha value is -1.92. The third-order valence-electron chi connectivity index (χ3n) is 3.17. The highest BCUT2D eigenvalue weighted by atomic mass is 35.5. The van der Waals surface area contributed by atoms with Crippen LogP contribution in [-0.4, -0.2) is 34.9 Å². The summed E-state index contributed by atoms with van der Waals surface area (Å²) >= 11 is 0. The van der Waals surface area contributed by atoms with Gasteiger partial charge in [-0.15, -0.1) is 12.4 Å². The van der Waals surface area contributed by atoms with Crippen LogP contribution in [0, 0.1) is 6.92 Å². The Kier molecular flexibility index (Phi) is 5.87. The smallest absolute Gasteiger partial charge is 0.270 e. The van der Waals surface area contributed by atoms with Gasteiger partial charge in [-0.1, -0.05) is 0 Å². The van der Waals surface area contributed by atoms with Crippen LogP contribution in [0.4, 0.5) is 0 Å². The van der Waals surface area contributed by atoms with Gasteiger partial charge in [-0.2, -0.15) is 0 Å². The molecule has 2 aromatic heterocycles. The number of nitrogens with zero attached hydrogens (tertiary/aromatic N) is 2. The number of fused-ring (bicyclic) bond motifs is 1. The predicted octanol–water partition coefficient (Wildman–Crippen LogP) is 0.762. The number of hydrogen-bond donors (Lipinski definition) is 2. The van der Waals surface area contributed by atoms with E-state index in [0.717, 1.165) is 5.56 Å². The van der Waals surface area contributed by atoms with Gasteiger partial charge in [0.1, 0.15) is 11.2 Å². The van der Waals surface area contributed by atoms with Gasteiger partial charge in [-0.05, 0) is 38.6 Å². The minimum Gasteiger partial charge on any atom is -0.350 e. The van der Waals surface area contributed by atoms with E-state index < -0.39 is 5.91 Å². The Balaban J connectivity index is 0.00000220. The Labute approximate surface area is 129 Å². The number of carbonyl (C=O) groups excluding carboxylic acids is 1. The molecule has 0 radical (unpaired) electrons. The SMILES string of the molecule is CNC(C)CNC(=O)c1cnc2cc(C)ccn2c1=O.Cl. The molecule has 0 aliphatic carbocycles. The molecule has 2 heterocycles. The summed E-state index contributed by atoms with van der Waals surface area (Å²) in [5.74, 6) is -0.403. The monoisotopic (exact) mass is 310 g/mol. The zero-order valence-electron chi connectivity index (χ0n) is 12.2. The number of hydrogen-bond acceptors (Lipinski definition) is 4. The second kappa shape index (κ2) is 7.19. The fraction of sp³-hybridized carbons (Fsp3) is 0.357. The van der Waals surface area contributed by atoms with Gasteiger partial charge in [0.15, 0.2) is 0 Å². The molecule has 0 saturated carbocycles. The van der Waals surface area contributed by atoms with Gasteiger partial charge in [-0.3, -0.25) is 14.0 Å². The molecule has 1 unspecified atom stereocenters. The molecule has 114 valence electrons. The number of likely N-dealkylation sites (N-methyl/N-ethyl adjacent to an activating group) is 1. The molecule has 0 fully saturated rings. The molecular formula is C14H19ClN4O2. The lowest BCUT2D eigenvalue weighted by atomic mass is 10.2. The fourth-order valence-electron chi connectivity index (χ4n) is 1.78. The summed E-state index contributed by atoms with van der Waals surface area (Å²) in [6.45, 7) is 4.31. The maximum Gasteiger partial charge on any atom is 0.270 e. The van der Waals surface area contributed by atoms with E-state index in [-0.39, 0.29) is 29.6 Å². The van der Waals surface area contributed by atoms with Crippen molar-refractivity contribution < 1.29 is 4.79 Å². The number of amides is 1. The van der Waals surface area contributed by atoms with Gasteiger partial charge in [0.25, 0.3) is 11.5 Å². The standard InChI is InChI=1S/C14H18N4O2.ClH/c1-9-4-5-18-12(6-9)16-8-11(14(18)20)13(19)17-7-10(2)15-3;/h4-6,8,10,15H,7H2,1-3H3,(H,17,19);1H. The predicted molar refractivity (Wildman–Crippen MR) is 84.3 cm³/mol. The Bertz CT molecular complexity index is 699. The molecule has 2 rings (SSSR count). The first-order valence-corrected chi connectivity index (χ1v) is 6.46. The lowest BCUT2D eigenvalue weighted by Crippen LogP contribution is -2.39. The van der Waals surface area contributed by atoms with Crippen molar-refractivity contribution in [2.45, 2.75) is 19.9 Å². The largest absolute Gasteiger partial charge is 0.350 e. The van der Waals surface area contributed by atoms with Crippen LogP contribution in [-0.2, 0) is 0 Å². The molecular weight excluding hydrogens is 292 g/mol. The second-order valence-electron chi connectivity index (χ2n) is 4.81. The summed E-state index contributed by atoms with van der Waals surface area (Å²) in [7, 11) is 1.81. The molecule has 0 aliphatic heterocycles. The third kappa shape index (κ3) is 3.80. The molecule has 1 atom stereocenters. The van der Waals surface area contributed by atoms with Crippen LogP contribution in [0.2, 0.25) is 0 Å². The number of pyridine rings is 1. The zero-order chi connectivity index (χ0) is 14.7. The molecule has 21 heavy (non-hydrogen) atoms. The maximum absolute atomic E-state index is 12.2. The van der Waals surface area contributed by atoms with Crippen LogP contribution < -0.4 is 16.2 Å². The summed E-state index contributed by atoms with van der Waals surface area (Å²) in [5, 5.41) is 5.72. The summed E-state index contributed by atoms with van der Waals surface area (Å²) in [5.41, 5.74) is 1.24. The van der Waals surface area contributed by atoms with Crippen molar-refractivity contribution in [2.24, 2.45) is 0 Å². The van der Waals surface area contributed by atoms with Crippen LogP contribution in [0.15, 0.2) is 29.3 Å². The molecule has 6 nitrogen and oxygen atoms in total. The van der Waals surface area contributed by atoms with Gasteiger partial charge in [0.2, 0.25) is 0 Å². The van der Waals surface area contributed by atoms with E-state index in [1.165, 1.54) is 10.6 Å². The minimum atomic E-state index is -0.403. The van der Waals surface area contributed by atoms with Crippen molar-refractivity contribution in [2.75, 3.05) is 13.6 Å². The average molecular weight is 311 g/mol. The van der Waals surface area contributed by atoms with Crippen molar-refractivity contribution in [1.82, 2.24) is 20.0 Å². The van der Waals surface area contributed by atoms with E-state index in [2.05, 4.69) is 15.6 Å². The number of carbonyl (C=O) groups is 1. The Morgan fingerprint density at radius 2 is 2.19 bits per heavy atom. The fourth-order valence-corrected chi connectivity index (χ4v) is 1.78. The highest BCUT2D eigenvalue weighted by Crippen LogP contribution is 2.02. The summed E-state index contributed by atoms with van der Waals surface area (Å²) < 4.78 is 1.38. The summed E-state index contributed by atoms with van der Waals surface area (Å²) in [6, 6.07) is 3.74. The number of rotatable bonds is 4. The van der Waals surface area contributed by atoms with Crippen molar-refractivity contribution in [3.05, 3.63) is 46.0 Å². The van der Waals surface area contributed by atoms with Gasteiger partial charge in [-0.25, -0.2) is 4.98 Å². The van der Waals surface area contributed by atoms with E-state index >= 15 is 0 Å². The topological polar surface area (TPSA) is 75.5 Å². The van der Waals surface area contributed by atoms with Crippen LogP contribution >= 0.6 is 12.4 Å². The number of halogens is 1. The first kappa shape index (κ1) is 17.1. The van der Waals surface area contributed by atoms with Crippen LogP contribution in [0.5, 0.6) is 0 Å². The lowest BCUT2D eigenvalue weighted by Gasteiger charge is -2.11. The van der Waals surface area contributed by atoms with E-state index in [1.807, 2.05) is 20.9 Å². The highest BCUT2D eigenvalue weighted by molar-refractivity contribution is 5.93. The molecule has 2 N–H and O–H groups in total. The van der Waals surface area contributed by atoms with E-state index in [1.54, 1.807) is 18.3 Å². The lowest BCUT2D eigenvalue weighted by molar-refractivity contribution is 0.0948. The van der Waals surface area contributed by atoms with Gasteiger partial charge < -0.3 is 10.6 Å². The summed E-state index contributed by atoms with van der Waals surface area (Å²) in [6.07, 6.45) is 2.96. The molecule has 0 saturated heterocycles. The number of aromatic nitrogens is 2. The molecule has 0 bridgehead atoms. The number of nitrogens with one attached hydrogen (secondary N) is 2. The van der Waals surface area contributed by atoms with E-state index in [4.69, 9.17) is 0 Å². The van der Waals surface area contributed by atoms with Crippen LogP contribution in [0.25, 0.3) is 5.65 Å². The molecule has 2 aromatic rings. The second-order valence-corrected chi connectivity index (χ2v) is 4.81. The van der Waals surface area contributed by atoms with Crippen molar-refractivity contribution >= 4 is 24.0 Å². The molecule has 7 heteroatoms. The molecule has 0 aliphatic rings. The Morgan fingerprint density at radius 3 is 2.86 bits per heavy atom. The number of aryl methyl sites for hydroxylation is 1. The van der Waals surface area contributed by atoms with E-state index in [0.29, 0.717) is 12.2 Å². The van der Waals surface area contributed by atoms with Crippen molar-refractivity contribution in [3.8, 4) is 0 Å². The van der Waals surface area contributed by atoms with Gasteiger partial charge in [0.05, 0.1) is 0 Å². The van der Waals surface area contributed by atoms with E-state index in [9.17, 15) is 9.59 Å². The Morgan fingerprint density at radius 1 is 1.48 bits per heavy atom. The zero-order valence-corrected chi connectivity index (χ0v) is 13.0. The first-order valence-electron chi connectivity index (χ1n) is 6.46. The maximum atomic E-state index is 12.2. The highest BCUT2D eigenvalue weighted by Gasteiger charge is 2.13. The third-order valence-corrected chi connectivity index (χ3v) is 3.17. The first-order chi connectivity index (χ1) is 9.52. The average Bonchev–Trinajstić information content (AvgIpc) is 2.44. The molecule has 0 spiro atoms. The van der Waals surface area contributed by atoms with Crippen molar-refractivity contribution in [1.29, 1.82) is 0 Å². The minimum absolute atomic E-state index is 0. The molecule has 1 amide bonds. The van der Waals surface area contributed by atoms with Gasteiger partial charge >= 0.3 is 0 Å². The van der Waals surface area contributed by atoms with Crippen LogP contribution in [0.1, 0.15) is 22.8 Å². The van der Waals surface area contributed by atoms with Crippen LogP contribution in [0.3, 0.4) is 0 Å². The quantitative estimate of drug-likeness (QED) is 0.874.